The molecule has 0 aliphatic rings. The number of ether oxygens (including phenoxy) is 1. The normalized spacial score (nSPS) is 10.9. The van der Waals surface area contributed by atoms with Gasteiger partial charge < -0.3 is 10.5 Å². The Bertz CT molecular complexity index is 1190. The van der Waals surface area contributed by atoms with Gasteiger partial charge in [0, 0.05) is 5.69 Å². The zero-order chi connectivity index (χ0) is 21.8. The molecule has 2 aromatic heterocycles. The van der Waals surface area contributed by atoms with Gasteiger partial charge in [-0.05, 0) is 36.9 Å². The first kappa shape index (κ1) is 20.7. The van der Waals surface area contributed by atoms with Gasteiger partial charge >= 0.3 is 5.97 Å². The third-order valence-electron chi connectivity index (χ3n) is 4.52. The fourth-order valence-corrected chi connectivity index (χ4v) is 3.88. The number of anilines is 1. The predicted octanol–water partition coefficient (Wildman–Crippen LogP) is 3.99. The van der Waals surface area contributed by atoms with E-state index in [-0.39, 0.29) is 18.0 Å². The number of aromatic nitrogens is 5. The lowest BCUT2D eigenvalue weighted by atomic mass is 10.2. The van der Waals surface area contributed by atoms with Crippen molar-refractivity contribution in [2.75, 3.05) is 18.1 Å². The van der Waals surface area contributed by atoms with Crippen LogP contribution in [0.5, 0.6) is 0 Å². The van der Waals surface area contributed by atoms with Gasteiger partial charge in [0.15, 0.2) is 22.4 Å². The molecule has 0 spiro atoms. The first-order valence-electron chi connectivity index (χ1n) is 9.90. The van der Waals surface area contributed by atoms with E-state index in [0.29, 0.717) is 17.2 Å². The maximum atomic E-state index is 12.8. The smallest absolute Gasteiger partial charge is 0.359 e. The van der Waals surface area contributed by atoms with Crippen LogP contribution in [0.2, 0.25) is 0 Å². The van der Waals surface area contributed by atoms with E-state index in [9.17, 15) is 4.79 Å². The Morgan fingerprint density at radius 2 is 1.65 bits per heavy atom. The summed E-state index contributed by atoms with van der Waals surface area (Å²) in [5, 5.41) is 14.1. The monoisotopic (exact) mass is 434 g/mol. The minimum Gasteiger partial charge on any atom is -0.461 e. The second-order valence-electron chi connectivity index (χ2n) is 6.49. The largest absolute Gasteiger partial charge is 0.461 e. The number of hydrogen-bond donors (Lipinski definition) is 1. The molecule has 0 amide bonds. The molecule has 8 nitrogen and oxygen atoms in total. The maximum absolute atomic E-state index is 12.8. The molecule has 9 heteroatoms. The first-order chi connectivity index (χ1) is 15.2. The summed E-state index contributed by atoms with van der Waals surface area (Å²) in [6, 6.07) is 19.1. The lowest BCUT2D eigenvalue weighted by Crippen LogP contribution is -2.13. The van der Waals surface area contributed by atoms with E-state index in [0.717, 1.165) is 16.6 Å². The molecule has 0 aliphatic heterocycles. The van der Waals surface area contributed by atoms with Crippen LogP contribution in [0.3, 0.4) is 0 Å². The van der Waals surface area contributed by atoms with Gasteiger partial charge in [-0.15, -0.1) is 10.2 Å². The van der Waals surface area contributed by atoms with Gasteiger partial charge in [0.05, 0.1) is 18.0 Å². The number of hydrogen-bond acceptors (Lipinski definition) is 7. The maximum Gasteiger partial charge on any atom is 0.359 e. The Balaban J connectivity index is 1.95. The van der Waals surface area contributed by atoms with Crippen LogP contribution in [0.4, 0.5) is 5.69 Å². The number of carbonyl (C=O) groups is 1. The number of thioether (sulfide) groups is 1. The van der Waals surface area contributed by atoms with Gasteiger partial charge in [-0.2, -0.15) is 5.10 Å². The summed E-state index contributed by atoms with van der Waals surface area (Å²) in [4.78, 5) is 12.8. The number of nitrogens with two attached hydrogens (primary N) is 1. The predicted molar refractivity (Wildman–Crippen MR) is 121 cm³/mol. The summed E-state index contributed by atoms with van der Waals surface area (Å²) in [7, 11) is 0. The average molecular weight is 435 g/mol. The SMILES string of the molecule is CCOC(=O)c1c(N)c(-c2nnc(SCC)n2-c2ccccc2)nn1-c1ccccc1. The van der Waals surface area contributed by atoms with E-state index in [1.165, 1.54) is 4.68 Å². The van der Waals surface area contributed by atoms with Crippen LogP contribution in [-0.2, 0) is 4.74 Å². The fraction of sp³-hybridized carbons (Fsp3) is 0.182. The quantitative estimate of drug-likeness (QED) is 0.347. The van der Waals surface area contributed by atoms with Gasteiger partial charge in [0.2, 0.25) is 0 Å². The first-order valence-corrected chi connectivity index (χ1v) is 10.9. The van der Waals surface area contributed by atoms with Crippen molar-refractivity contribution < 1.29 is 9.53 Å². The Hall–Kier alpha value is -3.59. The molecule has 0 aliphatic carbocycles. The number of benzene rings is 2. The van der Waals surface area contributed by atoms with Gasteiger partial charge in [-0.25, -0.2) is 9.48 Å². The molecule has 2 heterocycles. The summed E-state index contributed by atoms with van der Waals surface area (Å²) in [5.74, 6) is 0.740. The average Bonchev–Trinajstić information content (AvgIpc) is 3.36. The van der Waals surface area contributed by atoms with Gasteiger partial charge in [0.1, 0.15) is 0 Å². The van der Waals surface area contributed by atoms with E-state index < -0.39 is 5.97 Å². The molecule has 0 atom stereocenters. The van der Waals surface area contributed by atoms with Crippen molar-refractivity contribution in [1.82, 2.24) is 24.5 Å². The summed E-state index contributed by atoms with van der Waals surface area (Å²) in [6.07, 6.45) is 0. The molecule has 2 N–H and O–H groups in total. The molecular formula is C22H22N6O2S. The lowest BCUT2D eigenvalue weighted by molar-refractivity contribution is 0.0517. The van der Waals surface area contributed by atoms with Crippen molar-refractivity contribution in [3.8, 4) is 22.9 Å². The summed E-state index contributed by atoms with van der Waals surface area (Å²) >= 11 is 1.56. The van der Waals surface area contributed by atoms with Crippen molar-refractivity contribution in [2.45, 2.75) is 19.0 Å². The van der Waals surface area contributed by atoms with Crippen molar-refractivity contribution in [1.29, 1.82) is 0 Å². The lowest BCUT2D eigenvalue weighted by Gasteiger charge is -2.08. The van der Waals surface area contributed by atoms with E-state index in [4.69, 9.17) is 10.5 Å². The molecule has 4 rings (SSSR count). The van der Waals surface area contributed by atoms with Crippen LogP contribution in [0.1, 0.15) is 24.3 Å². The standard InChI is InChI=1S/C22H22N6O2S/c1-3-30-21(29)19-17(23)18(26-28(19)16-13-9-6-10-14-16)20-24-25-22(31-4-2)27(20)15-11-7-5-8-12-15/h5-14H,3-4,23H2,1-2H3. The molecule has 0 bridgehead atoms. The highest BCUT2D eigenvalue weighted by molar-refractivity contribution is 7.99. The molecule has 2 aromatic carbocycles. The van der Waals surface area contributed by atoms with Crippen LogP contribution in [0.15, 0.2) is 65.8 Å². The van der Waals surface area contributed by atoms with Crippen LogP contribution < -0.4 is 5.73 Å². The number of esters is 1. The van der Waals surface area contributed by atoms with Crippen molar-refractivity contribution in [3.05, 3.63) is 66.4 Å². The molecule has 0 radical (unpaired) electrons. The Kier molecular flexibility index (Phi) is 6.03. The zero-order valence-corrected chi connectivity index (χ0v) is 18.0. The van der Waals surface area contributed by atoms with Crippen molar-refractivity contribution >= 4 is 23.4 Å². The van der Waals surface area contributed by atoms with Crippen LogP contribution in [0.25, 0.3) is 22.9 Å². The van der Waals surface area contributed by atoms with Crippen LogP contribution >= 0.6 is 11.8 Å². The minimum atomic E-state index is -0.545. The van der Waals surface area contributed by atoms with Gasteiger partial charge in [-0.1, -0.05) is 55.1 Å². The minimum absolute atomic E-state index is 0.162. The van der Waals surface area contributed by atoms with Crippen LogP contribution in [0, 0.1) is 0 Å². The highest BCUT2D eigenvalue weighted by Crippen LogP contribution is 2.33. The number of nitrogen functional groups attached to an aromatic ring is 1. The van der Waals surface area contributed by atoms with E-state index in [1.54, 1.807) is 18.7 Å². The fourth-order valence-electron chi connectivity index (χ4n) is 3.20. The molecule has 0 saturated heterocycles. The Labute approximate surface area is 184 Å². The molecule has 158 valence electrons. The number of rotatable bonds is 7. The van der Waals surface area contributed by atoms with Gasteiger partial charge in [0.25, 0.3) is 0 Å². The number of nitrogens with zero attached hydrogens (tertiary/aromatic N) is 5. The summed E-state index contributed by atoms with van der Waals surface area (Å²) in [6.45, 7) is 4.02. The number of carbonyl (C=O) groups excluding carboxylic acids is 1. The zero-order valence-electron chi connectivity index (χ0n) is 17.2. The third-order valence-corrected chi connectivity index (χ3v) is 5.34. The van der Waals surface area contributed by atoms with Crippen molar-refractivity contribution in [3.63, 3.8) is 0 Å². The second kappa shape index (κ2) is 9.05. The van der Waals surface area contributed by atoms with E-state index in [2.05, 4.69) is 15.3 Å². The summed E-state index contributed by atoms with van der Waals surface area (Å²) < 4.78 is 8.65. The molecule has 0 fully saturated rings. The third kappa shape index (κ3) is 3.91. The summed E-state index contributed by atoms with van der Waals surface area (Å²) in [5.41, 5.74) is 8.76. The molecule has 0 saturated carbocycles. The Morgan fingerprint density at radius 3 is 2.26 bits per heavy atom. The van der Waals surface area contributed by atoms with E-state index in [1.807, 2.05) is 72.2 Å². The molecule has 0 unspecified atom stereocenters. The van der Waals surface area contributed by atoms with Gasteiger partial charge in [-0.3, -0.25) is 4.57 Å². The van der Waals surface area contributed by atoms with Crippen molar-refractivity contribution in [2.24, 2.45) is 0 Å². The second-order valence-corrected chi connectivity index (χ2v) is 7.72. The Morgan fingerprint density at radius 1 is 1.00 bits per heavy atom. The highest BCUT2D eigenvalue weighted by atomic mass is 32.2. The topological polar surface area (TPSA) is 101 Å². The highest BCUT2D eigenvalue weighted by Gasteiger charge is 2.28. The number of para-hydroxylation sites is 2. The molecule has 31 heavy (non-hydrogen) atoms. The molecular weight excluding hydrogens is 412 g/mol. The molecule has 4 aromatic rings. The van der Waals surface area contributed by atoms with E-state index >= 15 is 0 Å². The van der Waals surface area contributed by atoms with Crippen LogP contribution in [-0.4, -0.2) is 42.9 Å².